The summed E-state index contributed by atoms with van der Waals surface area (Å²) in [5, 5.41) is 1.35. The molecule has 1 heterocycles. The van der Waals surface area contributed by atoms with E-state index in [1.165, 1.54) is 27.6 Å². The van der Waals surface area contributed by atoms with Crippen molar-refractivity contribution in [2.75, 3.05) is 6.54 Å². The fraction of sp³-hybridized carbons (Fsp3) is 0.333. The van der Waals surface area contributed by atoms with Crippen molar-refractivity contribution < 1.29 is 0 Å². The highest BCUT2D eigenvalue weighted by Gasteiger charge is 2.05. The first kappa shape index (κ1) is 9.28. The molecule has 0 aliphatic rings. The van der Waals surface area contributed by atoms with Crippen LogP contribution in [-0.4, -0.2) is 11.5 Å². The molecule has 0 bridgehead atoms. The Morgan fingerprint density at radius 1 is 1.29 bits per heavy atom. The van der Waals surface area contributed by atoms with Gasteiger partial charge in [-0.2, -0.15) is 0 Å². The Bertz CT molecular complexity index is 455. The maximum Gasteiger partial charge on any atom is 0.0462 e. The van der Waals surface area contributed by atoms with Crippen LogP contribution in [0.3, 0.4) is 0 Å². The SMILES string of the molecule is Cc1cc(C)c2c(CCN)c[nH]c2c1. The van der Waals surface area contributed by atoms with E-state index in [-0.39, 0.29) is 0 Å². The molecule has 0 radical (unpaired) electrons. The molecule has 0 amide bonds. The minimum absolute atomic E-state index is 0.709. The maximum atomic E-state index is 5.58. The van der Waals surface area contributed by atoms with Crippen LogP contribution in [0.25, 0.3) is 10.9 Å². The van der Waals surface area contributed by atoms with E-state index in [4.69, 9.17) is 5.73 Å². The average molecular weight is 188 g/mol. The zero-order chi connectivity index (χ0) is 10.1. The summed E-state index contributed by atoms with van der Waals surface area (Å²) in [7, 11) is 0. The Hall–Kier alpha value is -1.28. The molecule has 2 heteroatoms. The van der Waals surface area contributed by atoms with Crippen molar-refractivity contribution in [3.8, 4) is 0 Å². The van der Waals surface area contributed by atoms with Gasteiger partial charge in [-0.25, -0.2) is 0 Å². The molecule has 2 rings (SSSR count). The van der Waals surface area contributed by atoms with E-state index in [2.05, 4.69) is 37.2 Å². The van der Waals surface area contributed by atoms with Gasteiger partial charge >= 0.3 is 0 Å². The summed E-state index contributed by atoms with van der Waals surface area (Å²) in [5.74, 6) is 0. The number of aromatic amines is 1. The molecule has 0 fully saturated rings. The lowest BCUT2D eigenvalue weighted by Gasteiger charge is -2.02. The highest BCUT2D eigenvalue weighted by Crippen LogP contribution is 2.23. The van der Waals surface area contributed by atoms with Crippen LogP contribution < -0.4 is 5.73 Å². The van der Waals surface area contributed by atoms with Crippen LogP contribution in [0.5, 0.6) is 0 Å². The Morgan fingerprint density at radius 2 is 2.07 bits per heavy atom. The number of hydrogen-bond donors (Lipinski definition) is 2. The van der Waals surface area contributed by atoms with E-state index < -0.39 is 0 Å². The number of H-pyrrole nitrogens is 1. The van der Waals surface area contributed by atoms with Gasteiger partial charge in [0, 0.05) is 17.1 Å². The van der Waals surface area contributed by atoms with Crippen LogP contribution in [0.1, 0.15) is 16.7 Å². The normalized spacial score (nSPS) is 11.1. The van der Waals surface area contributed by atoms with Gasteiger partial charge < -0.3 is 10.7 Å². The molecule has 0 spiro atoms. The molecule has 0 aliphatic heterocycles. The Balaban J connectivity index is 2.66. The van der Waals surface area contributed by atoms with Gasteiger partial charge in [-0.1, -0.05) is 6.07 Å². The van der Waals surface area contributed by atoms with Gasteiger partial charge in [-0.15, -0.1) is 0 Å². The fourth-order valence-electron chi connectivity index (χ4n) is 2.10. The smallest absolute Gasteiger partial charge is 0.0462 e. The van der Waals surface area contributed by atoms with E-state index >= 15 is 0 Å². The summed E-state index contributed by atoms with van der Waals surface area (Å²) in [6.45, 7) is 4.99. The highest BCUT2D eigenvalue weighted by atomic mass is 14.7. The number of rotatable bonds is 2. The first-order valence-electron chi connectivity index (χ1n) is 4.99. The number of nitrogens with two attached hydrogens (primary N) is 1. The molecule has 3 N–H and O–H groups in total. The van der Waals surface area contributed by atoms with Crippen molar-refractivity contribution in [1.82, 2.24) is 4.98 Å². The van der Waals surface area contributed by atoms with E-state index in [0.717, 1.165) is 6.42 Å². The minimum atomic E-state index is 0.709. The summed E-state index contributed by atoms with van der Waals surface area (Å²) in [6, 6.07) is 4.40. The summed E-state index contributed by atoms with van der Waals surface area (Å²) < 4.78 is 0. The average Bonchev–Trinajstić information content (AvgIpc) is 2.49. The van der Waals surface area contributed by atoms with Crippen LogP contribution in [0.15, 0.2) is 18.3 Å². The molecule has 2 aromatic rings. The molecule has 2 nitrogen and oxygen atoms in total. The zero-order valence-electron chi connectivity index (χ0n) is 8.72. The zero-order valence-corrected chi connectivity index (χ0v) is 8.72. The van der Waals surface area contributed by atoms with Gasteiger partial charge in [-0.05, 0) is 49.6 Å². The van der Waals surface area contributed by atoms with Crippen LogP contribution >= 0.6 is 0 Å². The molecule has 0 unspecified atom stereocenters. The molecule has 0 saturated heterocycles. The summed E-state index contributed by atoms with van der Waals surface area (Å²) in [5.41, 5.74) is 10.8. The third-order valence-electron chi connectivity index (χ3n) is 2.62. The van der Waals surface area contributed by atoms with Crippen molar-refractivity contribution >= 4 is 10.9 Å². The van der Waals surface area contributed by atoms with Crippen LogP contribution in [0, 0.1) is 13.8 Å². The van der Waals surface area contributed by atoms with Crippen LogP contribution in [-0.2, 0) is 6.42 Å². The maximum absolute atomic E-state index is 5.58. The van der Waals surface area contributed by atoms with E-state index in [9.17, 15) is 0 Å². The quantitative estimate of drug-likeness (QED) is 0.746. The Labute approximate surface area is 84.1 Å². The molecule has 0 aliphatic carbocycles. The number of aromatic nitrogens is 1. The largest absolute Gasteiger partial charge is 0.361 e. The fourth-order valence-corrected chi connectivity index (χ4v) is 2.10. The van der Waals surface area contributed by atoms with Gasteiger partial charge in [-0.3, -0.25) is 0 Å². The van der Waals surface area contributed by atoms with E-state index in [0.29, 0.717) is 6.54 Å². The second kappa shape index (κ2) is 3.46. The standard InChI is InChI=1S/C12H16N2/c1-8-5-9(2)12-10(3-4-13)7-14-11(12)6-8/h5-7,14H,3-4,13H2,1-2H3. The third kappa shape index (κ3) is 1.42. The van der Waals surface area contributed by atoms with Gasteiger partial charge in [0.05, 0.1) is 0 Å². The van der Waals surface area contributed by atoms with Gasteiger partial charge in [0.25, 0.3) is 0 Å². The first-order valence-corrected chi connectivity index (χ1v) is 4.99. The topological polar surface area (TPSA) is 41.8 Å². The molecule has 1 aromatic heterocycles. The minimum Gasteiger partial charge on any atom is -0.361 e. The van der Waals surface area contributed by atoms with Gasteiger partial charge in [0.2, 0.25) is 0 Å². The van der Waals surface area contributed by atoms with Crippen molar-refractivity contribution in [3.05, 3.63) is 35.0 Å². The van der Waals surface area contributed by atoms with Gasteiger partial charge in [0.1, 0.15) is 0 Å². The summed E-state index contributed by atoms with van der Waals surface area (Å²) in [4.78, 5) is 3.30. The molecule has 74 valence electrons. The lowest BCUT2D eigenvalue weighted by Crippen LogP contribution is -2.02. The first-order chi connectivity index (χ1) is 6.72. The monoisotopic (exact) mass is 188 g/mol. The van der Waals surface area contributed by atoms with Crippen molar-refractivity contribution in [2.45, 2.75) is 20.3 Å². The van der Waals surface area contributed by atoms with Crippen molar-refractivity contribution in [2.24, 2.45) is 5.73 Å². The van der Waals surface area contributed by atoms with Crippen LogP contribution in [0.2, 0.25) is 0 Å². The molecular formula is C12H16N2. The summed E-state index contributed by atoms with van der Waals surface area (Å²) in [6.07, 6.45) is 3.02. The highest BCUT2D eigenvalue weighted by molar-refractivity contribution is 5.87. The molecule has 0 atom stereocenters. The van der Waals surface area contributed by atoms with Crippen molar-refractivity contribution in [1.29, 1.82) is 0 Å². The second-order valence-electron chi connectivity index (χ2n) is 3.86. The lowest BCUT2D eigenvalue weighted by atomic mass is 10.0. The van der Waals surface area contributed by atoms with Gasteiger partial charge in [0.15, 0.2) is 0 Å². The number of hydrogen-bond acceptors (Lipinski definition) is 1. The Kier molecular flexibility index (Phi) is 2.30. The number of benzene rings is 1. The Morgan fingerprint density at radius 3 is 2.79 bits per heavy atom. The van der Waals surface area contributed by atoms with Crippen molar-refractivity contribution in [3.63, 3.8) is 0 Å². The number of fused-ring (bicyclic) bond motifs is 1. The molecule has 0 saturated carbocycles. The van der Waals surface area contributed by atoms with Crippen LogP contribution in [0.4, 0.5) is 0 Å². The molecule has 14 heavy (non-hydrogen) atoms. The molecular weight excluding hydrogens is 172 g/mol. The lowest BCUT2D eigenvalue weighted by molar-refractivity contribution is 0.976. The number of nitrogens with one attached hydrogen (secondary N) is 1. The third-order valence-corrected chi connectivity index (χ3v) is 2.62. The van der Waals surface area contributed by atoms with E-state index in [1.807, 2.05) is 0 Å². The molecule has 1 aromatic carbocycles. The van der Waals surface area contributed by atoms with E-state index in [1.54, 1.807) is 0 Å². The second-order valence-corrected chi connectivity index (χ2v) is 3.86. The number of aryl methyl sites for hydroxylation is 2. The predicted octanol–water partition coefficient (Wildman–Crippen LogP) is 2.29. The predicted molar refractivity (Wildman–Crippen MR) is 60.5 cm³/mol. The summed E-state index contributed by atoms with van der Waals surface area (Å²) >= 11 is 0.